The van der Waals surface area contributed by atoms with Gasteiger partial charge in [0.1, 0.15) is 0 Å². The first-order valence-electron chi connectivity index (χ1n) is 5.34. The van der Waals surface area contributed by atoms with E-state index in [1.54, 1.807) is 0 Å². The van der Waals surface area contributed by atoms with E-state index in [4.69, 9.17) is 5.73 Å². The summed E-state index contributed by atoms with van der Waals surface area (Å²) >= 11 is 0. The van der Waals surface area contributed by atoms with Gasteiger partial charge in [-0.25, -0.2) is 4.79 Å². The number of hydrogen-bond donors (Lipinski definition) is 2. The minimum Gasteiger partial charge on any atom is -0.338 e. The van der Waals surface area contributed by atoms with Crippen LogP contribution in [0.2, 0.25) is 0 Å². The van der Waals surface area contributed by atoms with Crippen LogP contribution in [0.3, 0.4) is 0 Å². The predicted octanol–water partition coefficient (Wildman–Crippen LogP) is 0.777. The van der Waals surface area contributed by atoms with Crippen molar-refractivity contribution in [3.63, 3.8) is 0 Å². The molecule has 1 aliphatic heterocycles. The van der Waals surface area contributed by atoms with E-state index in [2.05, 4.69) is 12.2 Å². The number of nitrogens with one attached hydrogen (secondary N) is 1. The maximum absolute atomic E-state index is 11.5. The van der Waals surface area contributed by atoms with Crippen LogP contribution in [-0.2, 0) is 0 Å². The van der Waals surface area contributed by atoms with Crippen molar-refractivity contribution in [3.05, 3.63) is 0 Å². The van der Waals surface area contributed by atoms with Gasteiger partial charge in [0.15, 0.2) is 0 Å². The maximum Gasteiger partial charge on any atom is 0.317 e. The number of piperidine rings is 1. The van der Waals surface area contributed by atoms with Crippen LogP contribution in [0.15, 0.2) is 0 Å². The van der Waals surface area contributed by atoms with Crippen molar-refractivity contribution in [2.24, 2.45) is 11.1 Å². The molecule has 0 radical (unpaired) electrons. The largest absolute Gasteiger partial charge is 0.338 e. The molecular weight excluding hydrogens is 178 g/mol. The van der Waals surface area contributed by atoms with E-state index in [-0.39, 0.29) is 11.4 Å². The van der Waals surface area contributed by atoms with Crippen molar-refractivity contribution in [3.8, 4) is 0 Å². The van der Waals surface area contributed by atoms with Crippen molar-refractivity contribution in [1.29, 1.82) is 0 Å². The molecule has 1 rings (SSSR count). The zero-order valence-corrected chi connectivity index (χ0v) is 9.18. The lowest BCUT2D eigenvalue weighted by atomic mass is 9.81. The summed E-state index contributed by atoms with van der Waals surface area (Å²) in [4.78, 5) is 13.4. The fourth-order valence-corrected chi connectivity index (χ4v) is 1.72. The topological polar surface area (TPSA) is 58.4 Å². The van der Waals surface area contributed by atoms with E-state index in [1.165, 1.54) is 0 Å². The van der Waals surface area contributed by atoms with Gasteiger partial charge in [-0.15, -0.1) is 0 Å². The molecule has 3 N–H and O–H groups in total. The van der Waals surface area contributed by atoms with Crippen LogP contribution < -0.4 is 11.1 Å². The van der Waals surface area contributed by atoms with Crippen molar-refractivity contribution < 1.29 is 4.79 Å². The van der Waals surface area contributed by atoms with Crippen LogP contribution in [0.25, 0.3) is 0 Å². The number of hydrogen-bond acceptors (Lipinski definition) is 2. The highest BCUT2D eigenvalue weighted by molar-refractivity contribution is 5.74. The molecule has 82 valence electrons. The van der Waals surface area contributed by atoms with Crippen LogP contribution in [-0.4, -0.2) is 37.1 Å². The van der Waals surface area contributed by atoms with Crippen molar-refractivity contribution >= 4 is 6.03 Å². The highest BCUT2D eigenvalue weighted by Gasteiger charge is 2.30. The molecule has 14 heavy (non-hydrogen) atoms. The zero-order chi connectivity index (χ0) is 10.6. The van der Waals surface area contributed by atoms with Gasteiger partial charge in [-0.05, 0) is 31.7 Å². The van der Waals surface area contributed by atoms with Gasteiger partial charge < -0.3 is 16.0 Å². The summed E-state index contributed by atoms with van der Waals surface area (Å²) in [5.41, 5.74) is 5.94. The number of nitrogens with zero attached hydrogens (tertiary/aromatic N) is 1. The molecule has 0 bridgehead atoms. The second-order valence-electron chi connectivity index (χ2n) is 4.34. The maximum atomic E-state index is 11.5. The Kier molecular flexibility index (Phi) is 3.75. The summed E-state index contributed by atoms with van der Waals surface area (Å²) < 4.78 is 0. The molecule has 0 unspecified atom stereocenters. The second kappa shape index (κ2) is 4.64. The normalized spacial score (nSPS) is 20.6. The van der Waals surface area contributed by atoms with Crippen LogP contribution in [0, 0.1) is 5.41 Å². The zero-order valence-electron chi connectivity index (χ0n) is 9.18. The minimum absolute atomic E-state index is 0.0616. The molecule has 4 nitrogen and oxygen atoms in total. The predicted molar refractivity (Wildman–Crippen MR) is 57.0 cm³/mol. The van der Waals surface area contributed by atoms with Gasteiger partial charge in [-0.2, -0.15) is 0 Å². The molecule has 0 aromatic rings. The first-order chi connectivity index (χ1) is 6.61. The smallest absolute Gasteiger partial charge is 0.317 e. The lowest BCUT2D eigenvalue weighted by molar-refractivity contribution is 0.134. The molecule has 0 aromatic carbocycles. The molecule has 1 aliphatic rings. The fourth-order valence-electron chi connectivity index (χ4n) is 1.72. The third-order valence-corrected chi connectivity index (χ3v) is 3.08. The Morgan fingerprint density at radius 1 is 1.50 bits per heavy atom. The Bertz CT molecular complexity index is 198. The van der Waals surface area contributed by atoms with E-state index in [1.807, 2.05) is 11.8 Å². The lowest BCUT2D eigenvalue weighted by Gasteiger charge is -2.38. The molecule has 0 saturated carbocycles. The minimum atomic E-state index is 0.0616. The number of carbonyl (C=O) groups is 1. The molecule has 2 amide bonds. The van der Waals surface area contributed by atoms with Gasteiger partial charge in [-0.1, -0.05) is 6.92 Å². The van der Waals surface area contributed by atoms with Gasteiger partial charge >= 0.3 is 6.03 Å². The monoisotopic (exact) mass is 199 g/mol. The highest BCUT2D eigenvalue weighted by atomic mass is 16.2. The number of carbonyl (C=O) groups excluding carboxylic acids is 1. The standard InChI is InChI=1S/C10H21N3O/c1-3-12-9(14)13-6-4-10(2,8-11)5-7-13/h3-8,11H2,1-2H3,(H,12,14). The van der Waals surface area contributed by atoms with E-state index in [0.29, 0.717) is 6.54 Å². The van der Waals surface area contributed by atoms with Gasteiger partial charge in [0.25, 0.3) is 0 Å². The molecule has 1 saturated heterocycles. The molecule has 0 spiro atoms. The number of likely N-dealkylation sites (tertiary alicyclic amines) is 1. The summed E-state index contributed by atoms with van der Waals surface area (Å²) in [6, 6.07) is 0.0616. The summed E-state index contributed by atoms with van der Waals surface area (Å²) in [6.07, 6.45) is 2.03. The third-order valence-electron chi connectivity index (χ3n) is 3.08. The van der Waals surface area contributed by atoms with Crippen LogP contribution in [0.5, 0.6) is 0 Å². The average Bonchev–Trinajstić information content (AvgIpc) is 2.19. The Hall–Kier alpha value is -0.770. The van der Waals surface area contributed by atoms with Gasteiger partial charge in [-0.3, -0.25) is 0 Å². The van der Waals surface area contributed by atoms with E-state index in [9.17, 15) is 4.79 Å². The van der Waals surface area contributed by atoms with Gasteiger partial charge in [0, 0.05) is 19.6 Å². The van der Waals surface area contributed by atoms with Crippen LogP contribution in [0.4, 0.5) is 4.79 Å². The van der Waals surface area contributed by atoms with Gasteiger partial charge in [0.2, 0.25) is 0 Å². The summed E-state index contributed by atoms with van der Waals surface area (Å²) in [5.74, 6) is 0. The average molecular weight is 199 g/mol. The van der Waals surface area contributed by atoms with Crippen molar-refractivity contribution in [1.82, 2.24) is 10.2 Å². The van der Waals surface area contributed by atoms with Crippen molar-refractivity contribution in [2.75, 3.05) is 26.2 Å². The summed E-state index contributed by atoms with van der Waals surface area (Å²) in [6.45, 7) is 7.21. The first kappa shape index (κ1) is 11.3. The van der Waals surface area contributed by atoms with Gasteiger partial charge in [0.05, 0.1) is 0 Å². The number of rotatable bonds is 2. The number of urea groups is 1. The highest BCUT2D eigenvalue weighted by Crippen LogP contribution is 2.29. The molecule has 1 heterocycles. The second-order valence-corrected chi connectivity index (χ2v) is 4.34. The Labute approximate surface area is 85.8 Å². The molecule has 4 heteroatoms. The molecule has 1 fully saturated rings. The summed E-state index contributed by atoms with van der Waals surface area (Å²) in [5, 5.41) is 2.82. The lowest BCUT2D eigenvalue weighted by Crippen LogP contribution is -2.48. The number of amides is 2. The Morgan fingerprint density at radius 2 is 2.07 bits per heavy atom. The van der Waals surface area contributed by atoms with Crippen LogP contribution in [0.1, 0.15) is 26.7 Å². The summed E-state index contributed by atoms with van der Waals surface area (Å²) in [7, 11) is 0. The Morgan fingerprint density at radius 3 is 2.50 bits per heavy atom. The molecule has 0 aromatic heterocycles. The van der Waals surface area contributed by atoms with E-state index >= 15 is 0 Å². The molecule has 0 aliphatic carbocycles. The quantitative estimate of drug-likeness (QED) is 0.690. The van der Waals surface area contributed by atoms with E-state index in [0.717, 1.165) is 32.5 Å². The van der Waals surface area contributed by atoms with Crippen molar-refractivity contribution in [2.45, 2.75) is 26.7 Å². The Balaban J connectivity index is 2.39. The fraction of sp³-hybridized carbons (Fsp3) is 0.900. The molecule has 0 atom stereocenters. The first-order valence-corrected chi connectivity index (χ1v) is 5.34. The van der Waals surface area contributed by atoms with Crippen LogP contribution >= 0.6 is 0 Å². The third kappa shape index (κ3) is 2.61. The number of nitrogens with two attached hydrogens (primary N) is 1. The molecular formula is C10H21N3O. The van der Waals surface area contributed by atoms with E-state index < -0.39 is 0 Å². The SMILES string of the molecule is CCNC(=O)N1CCC(C)(CN)CC1.